The topological polar surface area (TPSA) is 67.4 Å². The minimum absolute atomic E-state index is 0.0638. The minimum Gasteiger partial charge on any atom is -0.443 e. The number of nitrogens with zero attached hydrogens (tertiary/aromatic N) is 3. The molecule has 0 bridgehead atoms. The number of carbonyl (C=O) groups excluding carboxylic acids is 1. The van der Waals surface area contributed by atoms with Gasteiger partial charge >= 0.3 is 6.09 Å². The summed E-state index contributed by atoms with van der Waals surface area (Å²) in [5.41, 5.74) is 2.14. The van der Waals surface area contributed by atoms with Crippen LogP contribution in [0.1, 0.15) is 62.9 Å². The summed E-state index contributed by atoms with van der Waals surface area (Å²) in [5.74, 6) is 0.0638. The number of rotatable bonds is 1. The summed E-state index contributed by atoms with van der Waals surface area (Å²) in [5, 5.41) is 9.53. The molecule has 1 aliphatic carbocycles. The van der Waals surface area contributed by atoms with Gasteiger partial charge in [0, 0.05) is 22.7 Å². The summed E-state index contributed by atoms with van der Waals surface area (Å²) < 4.78 is 7.00. The number of ether oxygens (including phenoxy) is 1. The van der Waals surface area contributed by atoms with Crippen LogP contribution in [0.4, 0.5) is 10.5 Å². The molecule has 1 aromatic heterocycles. The Bertz CT molecular complexity index is 1070. The molecule has 6 heteroatoms. The fourth-order valence-corrected chi connectivity index (χ4v) is 4.72. The van der Waals surface area contributed by atoms with Gasteiger partial charge in [-0.2, -0.15) is 5.26 Å². The van der Waals surface area contributed by atoms with Crippen molar-refractivity contribution in [2.45, 2.75) is 57.0 Å². The predicted octanol–water partition coefficient (Wildman–Crippen LogP) is 5.43. The molecule has 5 nitrogen and oxygen atoms in total. The van der Waals surface area contributed by atoms with Crippen LogP contribution >= 0.6 is 12.2 Å². The first-order valence-electron chi connectivity index (χ1n) is 9.78. The van der Waals surface area contributed by atoms with Crippen LogP contribution in [0.15, 0.2) is 41.4 Å². The highest BCUT2D eigenvalue weighted by atomic mass is 32.1. The third-order valence-corrected chi connectivity index (χ3v) is 6.18. The molecule has 2 heterocycles. The molecule has 29 heavy (non-hydrogen) atoms. The number of aromatic nitrogens is 1. The first-order valence-corrected chi connectivity index (χ1v) is 10.2. The zero-order valence-corrected chi connectivity index (χ0v) is 17.6. The Balaban J connectivity index is 1.73. The highest BCUT2D eigenvalue weighted by molar-refractivity contribution is 7.80. The molecule has 2 aromatic rings. The molecule has 4 rings (SSSR count). The van der Waals surface area contributed by atoms with E-state index in [1.54, 1.807) is 6.07 Å². The molecule has 1 spiro atoms. The molecule has 0 saturated heterocycles. The SMILES string of the molecule is CC(C)(C)OC(=O)n1c(C#N)ccc1C1CCC(=S)C2(C=Nc3ccccc32)C1. The summed E-state index contributed by atoms with van der Waals surface area (Å²) >= 11 is 5.80. The molecular weight excluding hydrogens is 382 g/mol. The molecule has 1 aromatic carbocycles. The zero-order chi connectivity index (χ0) is 20.8. The molecule has 148 valence electrons. The Kier molecular flexibility index (Phi) is 4.66. The number of aliphatic imine (C=N–C) groups is 1. The fourth-order valence-electron chi connectivity index (χ4n) is 4.35. The molecule has 2 aliphatic rings. The normalized spacial score (nSPS) is 23.1. The van der Waals surface area contributed by atoms with Gasteiger partial charge in [0.2, 0.25) is 0 Å². The number of carbonyl (C=O) groups is 1. The maximum Gasteiger partial charge on any atom is 0.419 e. The van der Waals surface area contributed by atoms with E-state index in [2.05, 4.69) is 17.1 Å². The van der Waals surface area contributed by atoms with E-state index in [-0.39, 0.29) is 11.6 Å². The Morgan fingerprint density at radius 2 is 2.07 bits per heavy atom. The Labute approximate surface area is 176 Å². The van der Waals surface area contributed by atoms with E-state index >= 15 is 0 Å². The monoisotopic (exact) mass is 405 g/mol. The lowest BCUT2D eigenvalue weighted by Gasteiger charge is -2.38. The number of para-hydroxylation sites is 1. The summed E-state index contributed by atoms with van der Waals surface area (Å²) in [6, 6.07) is 13.8. The average molecular weight is 406 g/mol. The van der Waals surface area contributed by atoms with Gasteiger partial charge in [-0.25, -0.2) is 9.36 Å². The van der Waals surface area contributed by atoms with Gasteiger partial charge in [-0.05, 0) is 63.8 Å². The highest BCUT2D eigenvalue weighted by Crippen LogP contribution is 2.49. The molecule has 0 amide bonds. The van der Waals surface area contributed by atoms with Crippen LogP contribution in [0.3, 0.4) is 0 Å². The minimum atomic E-state index is -0.641. The lowest BCUT2D eigenvalue weighted by molar-refractivity contribution is 0.0529. The molecule has 2 unspecified atom stereocenters. The van der Waals surface area contributed by atoms with Crippen molar-refractivity contribution >= 4 is 35.1 Å². The van der Waals surface area contributed by atoms with E-state index in [0.29, 0.717) is 0 Å². The number of thiocarbonyl (C=S) groups is 1. The largest absolute Gasteiger partial charge is 0.443 e. The average Bonchev–Trinajstić information content (AvgIpc) is 3.26. The van der Waals surface area contributed by atoms with E-state index in [4.69, 9.17) is 17.0 Å². The van der Waals surface area contributed by atoms with Crippen LogP contribution in [0.5, 0.6) is 0 Å². The van der Waals surface area contributed by atoms with Gasteiger partial charge in [0.15, 0.2) is 0 Å². The Morgan fingerprint density at radius 1 is 1.31 bits per heavy atom. The first kappa shape index (κ1) is 19.5. The molecule has 2 atom stereocenters. The lowest BCUT2D eigenvalue weighted by atomic mass is 9.66. The van der Waals surface area contributed by atoms with Crippen molar-refractivity contribution in [3.8, 4) is 6.07 Å². The maximum atomic E-state index is 12.9. The summed E-state index contributed by atoms with van der Waals surface area (Å²) in [6.45, 7) is 5.46. The third-order valence-electron chi connectivity index (χ3n) is 5.61. The van der Waals surface area contributed by atoms with Gasteiger partial charge < -0.3 is 4.74 Å². The molecule has 0 radical (unpaired) electrons. The van der Waals surface area contributed by atoms with Crippen molar-refractivity contribution in [1.29, 1.82) is 5.26 Å². The summed E-state index contributed by atoms with van der Waals surface area (Å²) in [4.78, 5) is 18.5. The summed E-state index contributed by atoms with van der Waals surface area (Å²) in [7, 11) is 0. The van der Waals surface area contributed by atoms with E-state index in [9.17, 15) is 10.1 Å². The number of hydrogen-bond donors (Lipinski definition) is 0. The van der Waals surface area contributed by atoms with Crippen LogP contribution < -0.4 is 0 Å². The maximum absolute atomic E-state index is 12.9. The second-order valence-electron chi connectivity index (χ2n) is 8.68. The number of hydrogen-bond acceptors (Lipinski definition) is 5. The van der Waals surface area contributed by atoms with Crippen molar-refractivity contribution < 1.29 is 9.53 Å². The highest BCUT2D eigenvalue weighted by Gasteiger charge is 2.45. The van der Waals surface area contributed by atoms with Crippen LogP contribution in [0, 0.1) is 11.3 Å². The lowest BCUT2D eigenvalue weighted by Crippen LogP contribution is -2.40. The number of fused-ring (bicyclic) bond motifs is 2. The standard InChI is InChI=1S/C23H23N3O2S/c1-22(2,3)28-21(27)26-16(13-24)9-10-19(26)15-8-11-20(29)23(12-15)14-25-18-7-5-4-6-17(18)23/h4-7,9-10,14-15H,8,11-12H2,1-3H3. The van der Waals surface area contributed by atoms with Crippen LogP contribution in [-0.2, 0) is 10.2 Å². The zero-order valence-electron chi connectivity index (χ0n) is 16.8. The molecule has 0 N–H and O–H groups in total. The van der Waals surface area contributed by atoms with E-state index in [0.717, 1.165) is 41.1 Å². The van der Waals surface area contributed by atoms with Gasteiger partial charge in [0.25, 0.3) is 0 Å². The number of benzene rings is 1. The van der Waals surface area contributed by atoms with Gasteiger partial charge in [0.05, 0.1) is 11.1 Å². The second kappa shape index (κ2) is 6.93. The molecule has 1 aliphatic heterocycles. The van der Waals surface area contributed by atoms with Gasteiger partial charge in [-0.1, -0.05) is 30.4 Å². The Hall–Kier alpha value is -2.78. The predicted molar refractivity (Wildman–Crippen MR) is 116 cm³/mol. The molecular formula is C23H23N3O2S. The smallest absolute Gasteiger partial charge is 0.419 e. The van der Waals surface area contributed by atoms with Crippen LogP contribution in [0.2, 0.25) is 0 Å². The number of nitriles is 1. The van der Waals surface area contributed by atoms with Crippen molar-refractivity contribution in [2.24, 2.45) is 4.99 Å². The first-order chi connectivity index (χ1) is 13.7. The quantitative estimate of drug-likeness (QED) is 0.593. The third kappa shape index (κ3) is 3.30. The van der Waals surface area contributed by atoms with Crippen molar-refractivity contribution in [3.05, 3.63) is 53.3 Å². The van der Waals surface area contributed by atoms with Crippen LogP contribution in [-0.4, -0.2) is 27.3 Å². The van der Waals surface area contributed by atoms with Crippen LogP contribution in [0.25, 0.3) is 0 Å². The van der Waals surface area contributed by atoms with E-state index < -0.39 is 17.1 Å². The van der Waals surface area contributed by atoms with E-state index in [1.165, 1.54) is 4.57 Å². The second-order valence-corrected chi connectivity index (χ2v) is 9.17. The van der Waals surface area contributed by atoms with Gasteiger partial charge in [-0.3, -0.25) is 4.99 Å². The van der Waals surface area contributed by atoms with Crippen molar-refractivity contribution in [1.82, 2.24) is 4.57 Å². The van der Waals surface area contributed by atoms with E-state index in [1.807, 2.05) is 51.3 Å². The van der Waals surface area contributed by atoms with Crippen molar-refractivity contribution in [3.63, 3.8) is 0 Å². The fraction of sp³-hybridized carbons (Fsp3) is 0.391. The molecule has 1 fully saturated rings. The molecule has 1 saturated carbocycles. The summed E-state index contributed by atoms with van der Waals surface area (Å²) in [6.07, 6.45) is 3.77. The van der Waals surface area contributed by atoms with Gasteiger partial charge in [0.1, 0.15) is 17.4 Å². The van der Waals surface area contributed by atoms with Crippen molar-refractivity contribution in [2.75, 3.05) is 0 Å². The Morgan fingerprint density at radius 3 is 2.79 bits per heavy atom. The van der Waals surface area contributed by atoms with Gasteiger partial charge in [-0.15, -0.1) is 0 Å².